The molecule has 2 aliphatic carbocycles. The number of aliphatic imine (C=N–C) groups is 1. The molecular weight excluding hydrogens is 1070 g/mol. The van der Waals surface area contributed by atoms with E-state index in [4.69, 9.17) is 37.9 Å². The Morgan fingerprint density at radius 2 is 1.25 bits per heavy atom. The molecule has 6 aromatic rings. The van der Waals surface area contributed by atoms with Crippen molar-refractivity contribution in [3.63, 3.8) is 0 Å². The lowest BCUT2D eigenvalue weighted by molar-refractivity contribution is 0.0255. The molecule has 6 aromatic carbocycles. The zero-order valence-corrected chi connectivity index (χ0v) is 49.7. The van der Waals surface area contributed by atoms with E-state index in [-0.39, 0.29) is 17.7 Å². The van der Waals surface area contributed by atoms with Crippen LogP contribution in [0.5, 0.6) is 40.2 Å². The molecule has 0 saturated carbocycles. The molecule has 1 heterocycles. The monoisotopic (exact) mass is 1150 g/mol. The van der Waals surface area contributed by atoms with Crippen LogP contribution >= 0.6 is 0 Å². The lowest BCUT2D eigenvalue weighted by atomic mass is 9.71. The van der Waals surface area contributed by atoms with Crippen molar-refractivity contribution >= 4 is 38.6 Å². The van der Waals surface area contributed by atoms with Crippen molar-refractivity contribution in [1.29, 1.82) is 0 Å². The van der Waals surface area contributed by atoms with Crippen LogP contribution in [0, 0.1) is 0 Å². The molecule has 15 heteroatoms. The third kappa shape index (κ3) is 14.3. The van der Waals surface area contributed by atoms with Gasteiger partial charge in [-0.2, -0.15) is 8.42 Å². The minimum atomic E-state index is -5.28. The first kappa shape index (κ1) is 60.5. The highest BCUT2D eigenvalue weighted by atomic mass is 32.2. The highest BCUT2D eigenvalue weighted by molar-refractivity contribution is 7.86. The second-order valence-corrected chi connectivity index (χ2v) is 23.0. The van der Waals surface area contributed by atoms with Crippen LogP contribution in [-0.4, -0.2) is 116 Å². The van der Waals surface area contributed by atoms with Crippen molar-refractivity contribution in [2.24, 2.45) is 4.99 Å². The summed E-state index contributed by atoms with van der Waals surface area (Å²) in [5.41, 5.74) is 5.79. The fourth-order valence-electron chi connectivity index (χ4n) is 11.9. The maximum atomic E-state index is 14.9. The molecule has 0 spiro atoms. The molecule has 9 rings (SSSR count). The van der Waals surface area contributed by atoms with Crippen LogP contribution < -0.4 is 33.2 Å². The number of piperidine rings is 1. The smallest absolute Gasteiger partial charge is 0.273 e. The first-order valence-corrected chi connectivity index (χ1v) is 30.6. The predicted molar refractivity (Wildman–Crippen MR) is 328 cm³/mol. The third-order valence-electron chi connectivity index (χ3n) is 16.3. The maximum Gasteiger partial charge on any atom is 0.273 e. The van der Waals surface area contributed by atoms with Gasteiger partial charge in [-0.05, 0) is 192 Å². The number of hydrogen-bond donors (Lipinski definition) is 2. The van der Waals surface area contributed by atoms with E-state index >= 15 is 0 Å². The summed E-state index contributed by atoms with van der Waals surface area (Å²) in [6.45, 7) is 5.77. The first-order valence-electron chi connectivity index (χ1n) is 29.1. The average Bonchev–Trinajstić information content (AvgIpc) is 1.48. The summed E-state index contributed by atoms with van der Waals surface area (Å²) in [4.78, 5) is 6.96. The van der Waals surface area contributed by atoms with Gasteiger partial charge in [0.05, 0.1) is 42.2 Å². The Kier molecular flexibility index (Phi) is 20.7. The van der Waals surface area contributed by atoms with Gasteiger partial charge in [0.2, 0.25) is 0 Å². The van der Waals surface area contributed by atoms with Gasteiger partial charge in [0.15, 0.2) is 11.5 Å². The van der Waals surface area contributed by atoms with E-state index < -0.39 is 33.7 Å². The number of fused-ring (bicyclic) bond motifs is 2. The Hall–Kier alpha value is -7.14. The Balaban J connectivity index is 1.21. The highest BCUT2D eigenvalue weighted by Gasteiger charge is 2.52. The van der Waals surface area contributed by atoms with Crippen LogP contribution in [-0.2, 0) is 33.3 Å². The van der Waals surface area contributed by atoms with E-state index in [1.54, 1.807) is 78.2 Å². The van der Waals surface area contributed by atoms with Crippen LogP contribution in [0.4, 0.5) is 0 Å². The summed E-state index contributed by atoms with van der Waals surface area (Å²) in [5, 5.41) is 12.5. The number of hydrogen-bond acceptors (Lipinski definition) is 13. The van der Waals surface area contributed by atoms with Crippen molar-refractivity contribution in [2.75, 3.05) is 81.5 Å². The Morgan fingerprint density at radius 3 is 1.93 bits per heavy atom. The second kappa shape index (κ2) is 28.4. The van der Waals surface area contributed by atoms with Crippen molar-refractivity contribution in [1.82, 2.24) is 4.90 Å². The lowest BCUT2D eigenvalue weighted by Gasteiger charge is -2.41. The molecule has 1 saturated heterocycles. The van der Waals surface area contributed by atoms with Crippen LogP contribution in [0.1, 0.15) is 115 Å². The number of unbranched alkanes of at least 4 members (excludes halogenated alkanes) is 3. The third-order valence-corrected chi connectivity index (χ3v) is 17.5. The topological polar surface area (TPSA) is 164 Å². The minimum Gasteiger partial charge on any atom is -0.497 e. The van der Waals surface area contributed by atoms with Gasteiger partial charge in [-0.25, -0.2) is 0 Å². The van der Waals surface area contributed by atoms with Gasteiger partial charge in [-0.15, -0.1) is 0 Å². The molecule has 0 radical (unpaired) electrons. The van der Waals surface area contributed by atoms with Crippen molar-refractivity contribution < 1.29 is 56.0 Å². The molecule has 3 aliphatic rings. The number of nitrogens with zero attached hydrogens (tertiary/aromatic N) is 2. The molecule has 14 nitrogen and oxygen atoms in total. The normalized spacial score (nSPS) is 16.1. The molecule has 1 fully saturated rings. The summed E-state index contributed by atoms with van der Waals surface area (Å²) in [6.07, 6.45) is 11.0. The summed E-state index contributed by atoms with van der Waals surface area (Å²) in [6, 6.07) is 39.3. The SMILES string of the molecule is CCCCCCN=CCOc1ccc(C(OCC(C(O)(C2=C(c3ccc(OC)c(OC)c3)CCc3cc(OC)ccc32)c2ccc(OCCN3CCCCC3)cc2)S(=O)(=O)O)C2=C(c3cccc(OC)c3)CCc3cc(OC)ccc32)cc1. The fourth-order valence-corrected chi connectivity index (χ4v) is 12.9. The van der Waals surface area contributed by atoms with Gasteiger partial charge in [0.1, 0.15) is 58.9 Å². The standard InChI is InChI=1S/C68H80N2O12S/c1-7-8-9-11-35-69-36-40-80-53-24-17-47(18-25-53)67(65-58(48-15-14-16-55(42-48)75-2)30-19-49-43-56(76-3)28-32-59(49)65)82-46-64(83(72,73)74)68(71,52-22-26-54(27-23-52)81-41-39-70-37-12-10-13-38-70)66-60(51-21-34-62(78-5)63(45-51)79-6)31-20-50-44-57(77-4)29-33-61(50)66/h14-18,21-29,32-34,36,42-45,64,67,71H,7-13,19-20,30-31,35,37-41,46H2,1-6H3,(H,72,73,74). The van der Waals surface area contributed by atoms with Gasteiger partial charge in [-0.3, -0.25) is 14.4 Å². The number of methoxy groups -OCH3 is 5. The van der Waals surface area contributed by atoms with Crippen molar-refractivity contribution in [3.8, 4) is 40.2 Å². The van der Waals surface area contributed by atoms with E-state index in [1.165, 1.54) is 12.8 Å². The lowest BCUT2D eigenvalue weighted by Crippen LogP contribution is -2.49. The van der Waals surface area contributed by atoms with Gasteiger partial charge < -0.3 is 43.0 Å². The average molecular weight is 1150 g/mol. The van der Waals surface area contributed by atoms with Crippen LogP contribution in [0.3, 0.4) is 0 Å². The highest BCUT2D eigenvalue weighted by Crippen LogP contribution is 2.53. The zero-order valence-electron chi connectivity index (χ0n) is 48.9. The molecule has 3 unspecified atom stereocenters. The molecule has 1 aliphatic heterocycles. The van der Waals surface area contributed by atoms with Crippen LogP contribution in [0.15, 0.2) is 132 Å². The summed E-state index contributed by atoms with van der Waals surface area (Å²) >= 11 is 0. The van der Waals surface area contributed by atoms with Crippen LogP contribution in [0.2, 0.25) is 0 Å². The van der Waals surface area contributed by atoms with E-state index in [9.17, 15) is 18.1 Å². The van der Waals surface area contributed by atoms with Gasteiger partial charge in [0.25, 0.3) is 10.1 Å². The minimum absolute atomic E-state index is 0.192. The summed E-state index contributed by atoms with van der Waals surface area (Å²) < 4.78 is 90.5. The zero-order chi connectivity index (χ0) is 58.3. The molecule has 2 N–H and O–H groups in total. The van der Waals surface area contributed by atoms with Gasteiger partial charge in [-0.1, -0.05) is 87.2 Å². The Bertz CT molecular complexity index is 3350. The molecule has 0 bridgehead atoms. The predicted octanol–water partition coefficient (Wildman–Crippen LogP) is 12.9. The number of ether oxygens (including phenoxy) is 8. The maximum absolute atomic E-state index is 14.9. The van der Waals surface area contributed by atoms with E-state index in [1.807, 2.05) is 91.0 Å². The largest absolute Gasteiger partial charge is 0.497 e. The molecule has 83 heavy (non-hydrogen) atoms. The first-order chi connectivity index (χ1) is 40.4. The number of likely N-dealkylation sites (tertiary alicyclic amines) is 1. The van der Waals surface area contributed by atoms with Gasteiger partial charge in [0, 0.05) is 24.9 Å². The number of benzene rings is 6. The van der Waals surface area contributed by atoms with Crippen molar-refractivity contribution in [2.45, 2.75) is 94.5 Å². The number of aryl methyl sites for hydroxylation is 2. The number of aliphatic hydroxyl groups is 1. The number of allylic oxidation sites excluding steroid dienone is 2. The molecule has 0 aromatic heterocycles. The quantitative estimate of drug-likeness (QED) is 0.0271. The Morgan fingerprint density at radius 1 is 0.627 bits per heavy atom. The van der Waals surface area contributed by atoms with E-state index in [2.05, 4.69) is 16.8 Å². The van der Waals surface area contributed by atoms with Crippen molar-refractivity contribution in [3.05, 3.63) is 172 Å². The fraction of sp³-hybridized carbons (Fsp3) is 0.397. The summed E-state index contributed by atoms with van der Waals surface area (Å²) in [7, 11) is 2.69. The van der Waals surface area contributed by atoms with Crippen LogP contribution in [0.25, 0.3) is 22.3 Å². The van der Waals surface area contributed by atoms with E-state index in [0.717, 1.165) is 91.7 Å². The summed E-state index contributed by atoms with van der Waals surface area (Å²) in [5.74, 6) is 4.03. The second-order valence-electron chi connectivity index (χ2n) is 21.4. The van der Waals surface area contributed by atoms with E-state index in [0.29, 0.717) is 94.8 Å². The number of rotatable bonds is 28. The Labute approximate surface area is 490 Å². The molecule has 440 valence electrons. The van der Waals surface area contributed by atoms with Gasteiger partial charge >= 0.3 is 0 Å². The molecule has 3 atom stereocenters. The molecular formula is C68H80N2O12S. The molecule has 0 amide bonds.